The summed E-state index contributed by atoms with van der Waals surface area (Å²) in [5, 5.41) is 0. The Morgan fingerprint density at radius 1 is 0.947 bits per heavy atom. The molecular weight excluding hydrogens is 232 g/mol. The third-order valence-electron chi connectivity index (χ3n) is 4.72. The average molecular weight is 258 g/mol. The van der Waals surface area contributed by atoms with Crippen molar-refractivity contribution in [2.45, 2.75) is 45.1 Å². The predicted molar refractivity (Wildman–Crippen MR) is 81.8 cm³/mol. The van der Waals surface area contributed by atoms with Crippen molar-refractivity contribution in [1.29, 1.82) is 0 Å². The van der Waals surface area contributed by atoms with Gasteiger partial charge in [0.1, 0.15) is 0 Å². The minimum Gasteiger partial charge on any atom is -0.371 e. The van der Waals surface area contributed by atoms with E-state index in [1.807, 2.05) is 0 Å². The molecule has 3 rings (SSSR count). The van der Waals surface area contributed by atoms with Crippen LogP contribution in [0.2, 0.25) is 0 Å². The summed E-state index contributed by atoms with van der Waals surface area (Å²) in [5.74, 6) is 0. The van der Waals surface area contributed by atoms with Crippen LogP contribution in [-0.2, 0) is 0 Å². The molecule has 0 radical (unpaired) electrons. The SMILES string of the molecule is Cc1cccc(N2CCCC(N3CCCC3)CC2)c1. The van der Waals surface area contributed by atoms with Crippen LogP contribution >= 0.6 is 0 Å². The lowest BCUT2D eigenvalue weighted by atomic mass is 10.1. The lowest BCUT2D eigenvalue weighted by Crippen LogP contribution is -2.33. The molecule has 1 aromatic rings. The van der Waals surface area contributed by atoms with Crippen LogP contribution < -0.4 is 4.90 Å². The number of hydrogen-bond acceptors (Lipinski definition) is 2. The molecule has 0 spiro atoms. The second-order valence-electron chi connectivity index (χ2n) is 6.15. The van der Waals surface area contributed by atoms with Gasteiger partial charge in [-0.05, 0) is 69.8 Å². The van der Waals surface area contributed by atoms with E-state index in [2.05, 4.69) is 41.0 Å². The maximum Gasteiger partial charge on any atom is 0.0368 e. The van der Waals surface area contributed by atoms with Gasteiger partial charge >= 0.3 is 0 Å². The second kappa shape index (κ2) is 5.96. The molecule has 2 fully saturated rings. The highest BCUT2D eigenvalue weighted by molar-refractivity contribution is 5.48. The Morgan fingerprint density at radius 3 is 2.58 bits per heavy atom. The van der Waals surface area contributed by atoms with Crippen molar-refractivity contribution in [1.82, 2.24) is 4.90 Å². The van der Waals surface area contributed by atoms with E-state index in [-0.39, 0.29) is 0 Å². The van der Waals surface area contributed by atoms with Gasteiger partial charge in [-0.3, -0.25) is 0 Å². The Labute approximate surface area is 117 Å². The Hall–Kier alpha value is -1.02. The molecule has 1 atom stereocenters. The fourth-order valence-corrected chi connectivity index (χ4v) is 3.63. The minimum absolute atomic E-state index is 0.845. The van der Waals surface area contributed by atoms with Crippen LogP contribution in [0.25, 0.3) is 0 Å². The van der Waals surface area contributed by atoms with Crippen molar-refractivity contribution < 1.29 is 0 Å². The summed E-state index contributed by atoms with van der Waals surface area (Å²) in [6, 6.07) is 9.82. The zero-order chi connectivity index (χ0) is 13.1. The van der Waals surface area contributed by atoms with Crippen LogP contribution in [0.5, 0.6) is 0 Å². The first-order valence-electron chi connectivity index (χ1n) is 7.88. The van der Waals surface area contributed by atoms with Gasteiger partial charge < -0.3 is 9.80 Å². The summed E-state index contributed by atoms with van der Waals surface area (Å²) in [4.78, 5) is 5.32. The summed E-state index contributed by atoms with van der Waals surface area (Å²) >= 11 is 0. The number of aryl methyl sites for hydroxylation is 1. The average Bonchev–Trinajstić information content (AvgIpc) is 2.83. The molecule has 0 saturated carbocycles. The van der Waals surface area contributed by atoms with E-state index in [1.165, 1.54) is 69.5 Å². The highest BCUT2D eigenvalue weighted by Gasteiger charge is 2.24. The van der Waals surface area contributed by atoms with Crippen molar-refractivity contribution >= 4 is 5.69 Å². The normalized spacial score (nSPS) is 25.5. The number of likely N-dealkylation sites (tertiary alicyclic amines) is 1. The number of nitrogens with zero attached hydrogens (tertiary/aromatic N) is 2. The summed E-state index contributed by atoms with van der Waals surface area (Å²) in [5.41, 5.74) is 2.79. The number of anilines is 1. The van der Waals surface area contributed by atoms with Gasteiger partial charge in [0.05, 0.1) is 0 Å². The first-order valence-corrected chi connectivity index (χ1v) is 7.88. The van der Waals surface area contributed by atoms with Gasteiger partial charge in [-0.15, -0.1) is 0 Å². The second-order valence-corrected chi connectivity index (χ2v) is 6.15. The summed E-state index contributed by atoms with van der Waals surface area (Å²) < 4.78 is 0. The molecule has 0 aromatic heterocycles. The third kappa shape index (κ3) is 3.11. The van der Waals surface area contributed by atoms with E-state index >= 15 is 0 Å². The first-order chi connectivity index (χ1) is 9.33. The van der Waals surface area contributed by atoms with Gasteiger partial charge in [0.15, 0.2) is 0 Å². The topological polar surface area (TPSA) is 6.48 Å². The Kier molecular flexibility index (Phi) is 4.07. The number of benzene rings is 1. The molecule has 1 aromatic carbocycles. The van der Waals surface area contributed by atoms with Gasteiger partial charge in [0.25, 0.3) is 0 Å². The van der Waals surface area contributed by atoms with Crippen molar-refractivity contribution in [3.05, 3.63) is 29.8 Å². The summed E-state index contributed by atoms with van der Waals surface area (Å²) in [6.45, 7) is 7.33. The van der Waals surface area contributed by atoms with Gasteiger partial charge in [-0.1, -0.05) is 12.1 Å². The smallest absolute Gasteiger partial charge is 0.0368 e. The third-order valence-corrected chi connectivity index (χ3v) is 4.72. The zero-order valence-electron chi connectivity index (χ0n) is 12.1. The van der Waals surface area contributed by atoms with Gasteiger partial charge in [-0.25, -0.2) is 0 Å². The first kappa shape index (κ1) is 13.0. The number of rotatable bonds is 2. The molecule has 2 saturated heterocycles. The van der Waals surface area contributed by atoms with Crippen molar-refractivity contribution in [3.8, 4) is 0 Å². The van der Waals surface area contributed by atoms with Gasteiger partial charge in [0, 0.05) is 24.8 Å². The Bertz CT molecular complexity index is 409. The van der Waals surface area contributed by atoms with Crippen molar-refractivity contribution in [3.63, 3.8) is 0 Å². The zero-order valence-corrected chi connectivity index (χ0v) is 12.1. The molecule has 2 aliphatic heterocycles. The van der Waals surface area contributed by atoms with Crippen LogP contribution in [0, 0.1) is 6.92 Å². The Morgan fingerprint density at radius 2 is 1.79 bits per heavy atom. The highest BCUT2D eigenvalue weighted by Crippen LogP contribution is 2.24. The van der Waals surface area contributed by atoms with E-state index in [0.29, 0.717) is 0 Å². The van der Waals surface area contributed by atoms with E-state index in [4.69, 9.17) is 0 Å². The van der Waals surface area contributed by atoms with Crippen molar-refractivity contribution in [2.24, 2.45) is 0 Å². The maximum atomic E-state index is 2.74. The van der Waals surface area contributed by atoms with Crippen LogP contribution in [0.1, 0.15) is 37.7 Å². The molecule has 19 heavy (non-hydrogen) atoms. The highest BCUT2D eigenvalue weighted by atomic mass is 15.2. The van der Waals surface area contributed by atoms with Crippen LogP contribution in [0.4, 0.5) is 5.69 Å². The van der Waals surface area contributed by atoms with E-state index in [9.17, 15) is 0 Å². The Balaban J connectivity index is 1.63. The molecular formula is C17H26N2. The van der Waals surface area contributed by atoms with Crippen molar-refractivity contribution in [2.75, 3.05) is 31.1 Å². The van der Waals surface area contributed by atoms with E-state index in [0.717, 1.165) is 6.04 Å². The van der Waals surface area contributed by atoms with Crippen LogP contribution in [-0.4, -0.2) is 37.1 Å². The van der Waals surface area contributed by atoms with Gasteiger partial charge in [-0.2, -0.15) is 0 Å². The predicted octanol–water partition coefficient (Wildman–Crippen LogP) is 3.45. The molecule has 0 bridgehead atoms. The van der Waals surface area contributed by atoms with Gasteiger partial charge in [0.2, 0.25) is 0 Å². The summed E-state index contributed by atoms with van der Waals surface area (Å²) in [7, 11) is 0. The summed E-state index contributed by atoms with van der Waals surface area (Å²) in [6.07, 6.45) is 6.90. The fraction of sp³-hybridized carbons (Fsp3) is 0.647. The molecule has 2 nitrogen and oxygen atoms in total. The number of hydrogen-bond donors (Lipinski definition) is 0. The molecule has 0 amide bonds. The molecule has 0 N–H and O–H groups in total. The standard InChI is InChI=1S/C17H26N2/c1-15-6-4-7-17(14-15)19-12-5-8-16(9-13-19)18-10-2-3-11-18/h4,6-7,14,16H,2-3,5,8-13H2,1H3. The van der Waals surface area contributed by atoms with E-state index < -0.39 is 0 Å². The maximum absolute atomic E-state index is 2.74. The molecule has 1 unspecified atom stereocenters. The minimum atomic E-state index is 0.845. The molecule has 104 valence electrons. The molecule has 2 heterocycles. The van der Waals surface area contributed by atoms with Crippen LogP contribution in [0.15, 0.2) is 24.3 Å². The largest absolute Gasteiger partial charge is 0.371 e. The lowest BCUT2D eigenvalue weighted by molar-refractivity contribution is 0.225. The van der Waals surface area contributed by atoms with Crippen LogP contribution in [0.3, 0.4) is 0 Å². The molecule has 2 heteroatoms. The lowest BCUT2D eigenvalue weighted by Gasteiger charge is -2.27. The molecule has 2 aliphatic rings. The fourth-order valence-electron chi connectivity index (χ4n) is 3.63. The van der Waals surface area contributed by atoms with E-state index in [1.54, 1.807) is 0 Å². The monoisotopic (exact) mass is 258 g/mol. The molecule has 0 aliphatic carbocycles. The quantitative estimate of drug-likeness (QED) is 0.801.